The van der Waals surface area contributed by atoms with E-state index in [2.05, 4.69) is 5.32 Å². The van der Waals surface area contributed by atoms with Crippen molar-refractivity contribution < 1.29 is 18.4 Å². The lowest BCUT2D eigenvalue weighted by atomic mass is 10.1. The van der Waals surface area contributed by atoms with E-state index < -0.39 is 12.0 Å². The van der Waals surface area contributed by atoms with Crippen molar-refractivity contribution in [1.29, 1.82) is 0 Å². The van der Waals surface area contributed by atoms with Gasteiger partial charge in [-0.15, -0.1) is 0 Å². The summed E-state index contributed by atoms with van der Waals surface area (Å²) < 4.78 is 24.9. The molecule has 0 aliphatic heterocycles. The molecule has 0 aromatic heterocycles. The van der Waals surface area contributed by atoms with Crippen molar-refractivity contribution in [3.63, 3.8) is 0 Å². The highest BCUT2D eigenvalue weighted by Crippen LogP contribution is 2.19. The zero-order chi connectivity index (χ0) is 17.2. The second-order valence-electron chi connectivity index (χ2n) is 5.17. The topological polar surface area (TPSA) is 46.2 Å². The van der Waals surface area contributed by atoms with E-state index in [1.807, 2.05) is 0 Å². The summed E-state index contributed by atoms with van der Waals surface area (Å²) in [6, 6.07) is 6.32. The zero-order valence-corrected chi connectivity index (χ0v) is 13.8. The third-order valence-electron chi connectivity index (χ3n) is 3.42. The van der Waals surface area contributed by atoms with Crippen molar-refractivity contribution in [3.8, 4) is 0 Å². The highest BCUT2D eigenvalue weighted by atomic mass is 35.5. The van der Waals surface area contributed by atoms with E-state index in [0.717, 1.165) is 0 Å². The second-order valence-corrected chi connectivity index (χ2v) is 5.60. The fourth-order valence-electron chi connectivity index (χ4n) is 2.10. The monoisotopic (exact) mass is 343 g/mol. The summed E-state index contributed by atoms with van der Waals surface area (Å²) in [4.78, 5) is 23.5. The molecule has 0 bridgehead atoms. The highest BCUT2D eigenvalue weighted by Gasteiger charge is 2.10. The Morgan fingerprint density at radius 3 is 2.43 bits per heavy atom. The first kappa shape index (κ1) is 19.3. The highest BCUT2D eigenvalue weighted by molar-refractivity contribution is 6.31. The van der Waals surface area contributed by atoms with Crippen LogP contribution in [0, 0.1) is 0 Å². The summed E-state index contributed by atoms with van der Waals surface area (Å²) in [6.45, 7) is 1.70. The van der Waals surface area contributed by atoms with Crippen LogP contribution in [0.4, 0.5) is 8.78 Å². The van der Waals surface area contributed by atoms with Gasteiger partial charge in [-0.25, -0.2) is 0 Å². The molecule has 0 unspecified atom stereocenters. The first-order valence-electron chi connectivity index (χ1n) is 7.56. The first-order valence-corrected chi connectivity index (χ1v) is 7.94. The number of carbonyl (C=O) groups excluding carboxylic acids is 2. The van der Waals surface area contributed by atoms with Gasteiger partial charge in [0.05, 0.1) is 0 Å². The maximum atomic E-state index is 12.4. The van der Waals surface area contributed by atoms with E-state index in [4.69, 9.17) is 11.6 Å². The maximum Gasteiger partial charge on any atom is 0.269 e. The van der Waals surface area contributed by atoms with Crippen LogP contribution in [0.3, 0.4) is 0 Å². The summed E-state index contributed by atoms with van der Waals surface area (Å²) in [5.74, 6) is -0.869. The van der Waals surface area contributed by atoms with Gasteiger partial charge in [-0.1, -0.05) is 31.0 Å². The number of carbonyl (C=O) groups is 2. The van der Waals surface area contributed by atoms with Gasteiger partial charge in [0.1, 0.15) is 0 Å². The van der Waals surface area contributed by atoms with E-state index in [-0.39, 0.29) is 17.9 Å². The maximum absolute atomic E-state index is 12.4. The fraction of sp³-hybridized carbons (Fsp3) is 0.412. The van der Waals surface area contributed by atoms with E-state index in [1.54, 1.807) is 25.1 Å². The van der Waals surface area contributed by atoms with E-state index in [9.17, 15) is 18.4 Å². The normalized spacial score (nSPS) is 10.3. The smallest absolute Gasteiger partial charge is 0.269 e. The molecule has 0 saturated heterocycles. The number of unbranched alkanes of at least 4 members (excludes halogenated alkanes) is 2. The van der Waals surface area contributed by atoms with E-state index in [0.29, 0.717) is 42.7 Å². The van der Waals surface area contributed by atoms with Gasteiger partial charge in [0.15, 0.2) is 0 Å². The molecule has 0 fully saturated rings. The molecule has 2 amide bonds. The molecule has 1 aromatic rings. The second kappa shape index (κ2) is 10.1. The number of hydrogen-bond donors (Lipinski definition) is 1. The van der Waals surface area contributed by atoms with Crippen LogP contribution in [0.2, 0.25) is 5.02 Å². The molecule has 0 spiro atoms. The van der Waals surface area contributed by atoms with Gasteiger partial charge in [0, 0.05) is 17.0 Å². The largest absolute Gasteiger partial charge is 0.292 e. The molecule has 1 rings (SSSR count). The van der Waals surface area contributed by atoms with Crippen LogP contribution in [-0.2, 0) is 4.79 Å². The molecule has 0 aliphatic rings. The average molecular weight is 344 g/mol. The SMILES string of the molecule is CCC(CCCCCC(=O)NC(=O)c1cccc(Cl)c1)=C(F)F. The molecular weight excluding hydrogens is 324 g/mol. The molecule has 6 heteroatoms. The van der Waals surface area contributed by atoms with Gasteiger partial charge in [0.2, 0.25) is 5.91 Å². The third-order valence-corrected chi connectivity index (χ3v) is 3.65. The number of benzene rings is 1. The van der Waals surface area contributed by atoms with Crippen LogP contribution < -0.4 is 5.32 Å². The van der Waals surface area contributed by atoms with E-state index >= 15 is 0 Å². The molecule has 0 radical (unpaired) electrons. The molecule has 0 heterocycles. The minimum absolute atomic E-state index is 0.172. The summed E-state index contributed by atoms with van der Waals surface area (Å²) in [6.07, 6.45) is 1.11. The van der Waals surface area contributed by atoms with Crippen molar-refractivity contribution >= 4 is 23.4 Å². The average Bonchev–Trinajstić information content (AvgIpc) is 2.50. The first-order chi connectivity index (χ1) is 10.9. The van der Waals surface area contributed by atoms with Crippen molar-refractivity contribution in [2.45, 2.75) is 45.4 Å². The molecular formula is C17H20ClF2NO2. The molecule has 0 atom stereocenters. The van der Waals surface area contributed by atoms with Gasteiger partial charge in [0.25, 0.3) is 12.0 Å². The predicted octanol–water partition coefficient (Wildman–Crippen LogP) is 5.11. The Bertz CT molecular complexity index is 584. The Morgan fingerprint density at radius 1 is 1.13 bits per heavy atom. The number of hydrogen-bond acceptors (Lipinski definition) is 2. The minimum Gasteiger partial charge on any atom is -0.292 e. The Balaban J connectivity index is 2.27. The predicted molar refractivity (Wildman–Crippen MR) is 86.5 cm³/mol. The number of allylic oxidation sites excluding steroid dienone is 1. The quantitative estimate of drug-likeness (QED) is 0.667. The van der Waals surface area contributed by atoms with Crippen LogP contribution in [0.25, 0.3) is 0 Å². The summed E-state index contributed by atoms with van der Waals surface area (Å²) in [5, 5.41) is 2.71. The Kier molecular flexibility index (Phi) is 8.48. The lowest BCUT2D eigenvalue weighted by molar-refractivity contribution is -0.120. The molecule has 1 aromatic carbocycles. The fourth-order valence-corrected chi connectivity index (χ4v) is 2.29. The van der Waals surface area contributed by atoms with Gasteiger partial charge >= 0.3 is 0 Å². The zero-order valence-electron chi connectivity index (χ0n) is 13.0. The van der Waals surface area contributed by atoms with Gasteiger partial charge in [-0.2, -0.15) is 8.78 Å². The standard InChI is InChI=1S/C17H20ClF2NO2/c1-2-12(16(19)20)7-4-3-5-10-15(22)21-17(23)13-8-6-9-14(18)11-13/h6,8-9,11H,2-5,7,10H2,1H3,(H,21,22,23). The van der Waals surface area contributed by atoms with Crippen LogP contribution in [-0.4, -0.2) is 11.8 Å². The Morgan fingerprint density at radius 2 is 1.83 bits per heavy atom. The Hall–Kier alpha value is -1.75. The third kappa shape index (κ3) is 7.37. The summed E-state index contributed by atoms with van der Waals surface area (Å²) >= 11 is 5.78. The van der Waals surface area contributed by atoms with Crippen LogP contribution in [0.5, 0.6) is 0 Å². The summed E-state index contributed by atoms with van der Waals surface area (Å²) in [7, 11) is 0. The number of nitrogens with one attached hydrogen (secondary N) is 1. The van der Waals surface area contributed by atoms with Crippen molar-refractivity contribution in [2.24, 2.45) is 0 Å². The van der Waals surface area contributed by atoms with Crippen molar-refractivity contribution in [2.75, 3.05) is 0 Å². The lowest BCUT2D eigenvalue weighted by Crippen LogP contribution is -2.30. The molecule has 0 saturated carbocycles. The van der Waals surface area contributed by atoms with E-state index in [1.165, 1.54) is 6.07 Å². The number of imide groups is 1. The molecule has 23 heavy (non-hydrogen) atoms. The van der Waals surface area contributed by atoms with Crippen molar-refractivity contribution in [1.82, 2.24) is 5.32 Å². The number of halogens is 3. The number of amides is 2. The minimum atomic E-state index is -1.60. The van der Waals surface area contributed by atoms with Crippen LogP contribution >= 0.6 is 11.6 Å². The van der Waals surface area contributed by atoms with Crippen molar-refractivity contribution in [3.05, 3.63) is 46.5 Å². The van der Waals surface area contributed by atoms with Gasteiger partial charge < -0.3 is 0 Å². The molecule has 3 nitrogen and oxygen atoms in total. The van der Waals surface area contributed by atoms with Crippen LogP contribution in [0.1, 0.15) is 55.8 Å². The molecule has 126 valence electrons. The van der Waals surface area contributed by atoms with Gasteiger partial charge in [-0.3, -0.25) is 14.9 Å². The molecule has 0 aliphatic carbocycles. The molecule has 1 N–H and O–H groups in total. The number of rotatable bonds is 8. The lowest BCUT2D eigenvalue weighted by Gasteiger charge is -2.05. The summed E-state index contributed by atoms with van der Waals surface area (Å²) in [5.41, 5.74) is 0.493. The Labute approximate surface area is 139 Å². The van der Waals surface area contributed by atoms with Crippen LogP contribution in [0.15, 0.2) is 35.9 Å². The van der Waals surface area contributed by atoms with Gasteiger partial charge in [-0.05, 0) is 49.5 Å².